The number of para-hydroxylation sites is 1. The number of nitrogens with two attached hydrogens (primary N) is 1. The van der Waals surface area contributed by atoms with Crippen molar-refractivity contribution in [2.45, 2.75) is 13.0 Å². The van der Waals surface area contributed by atoms with Crippen molar-refractivity contribution < 1.29 is 19.1 Å². The smallest absolute Gasteiger partial charge is 0.250 e. The Morgan fingerprint density at radius 1 is 1.14 bits per heavy atom. The first kappa shape index (κ1) is 23.7. The molecular formula is C28H28N4O4S. The number of anilines is 1. The number of furan rings is 1. The maximum absolute atomic E-state index is 12.3. The van der Waals surface area contributed by atoms with Crippen LogP contribution in [0.4, 0.5) is 5.69 Å². The molecule has 0 spiro atoms. The lowest BCUT2D eigenvalue weighted by Crippen LogP contribution is -2.49. The number of benzene rings is 3. The third kappa shape index (κ3) is 4.61. The number of aliphatic hydroxyl groups excluding tert-OH is 1. The average Bonchev–Trinajstić information content (AvgIpc) is 3.46. The Labute approximate surface area is 217 Å². The minimum Gasteiger partial charge on any atom is -0.491 e. The van der Waals surface area contributed by atoms with Crippen LogP contribution in [0.25, 0.3) is 32.2 Å². The van der Waals surface area contributed by atoms with Crippen LogP contribution < -0.4 is 15.4 Å². The highest BCUT2D eigenvalue weighted by Crippen LogP contribution is 2.38. The van der Waals surface area contributed by atoms with Gasteiger partial charge in [-0.15, -0.1) is 11.3 Å². The predicted molar refractivity (Wildman–Crippen MR) is 147 cm³/mol. The van der Waals surface area contributed by atoms with Gasteiger partial charge in [0.05, 0.1) is 26.5 Å². The van der Waals surface area contributed by atoms with E-state index in [-0.39, 0.29) is 6.61 Å². The summed E-state index contributed by atoms with van der Waals surface area (Å²) >= 11 is 1.65. The van der Waals surface area contributed by atoms with Gasteiger partial charge in [-0.05, 0) is 37.3 Å². The molecular weight excluding hydrogens is 488 g/mol. The van der Waals surface area contributed by atoms with Gasteiger partial charge in [-0.25, -0.2) is 4.98 Å². The number of fused-ring (bicyclic) bond motifs is 4. The lowest BCUT2D eigenvalue weighted by Gasteiger charge is -2.37. The van der Waals surface area contributed by atoms with E-state index in [1.807, 2.05) is 55.5 Å². The van der Waals surface area contributed by atoms with Crippen LogP contribution in [0.1, 0.15) is 15.4 Å². The Morgan fingerprint density at radius 2 is 1.95 bits per heavy atom. The molecule has 1 amide bonds. The average molecular weight is 517 g/mol. The molecule has 5 aromatic rings. The number of aliphatic hydroxyl groups is 1. The van der Waals surface area contributed by atoms with Gasteiger partial charge in [0.2, 0.25) is 0 Å². The minimum absolute atomic E-state index is 0.207. The third-order valence-electron chi connectivity index (χ3n) is 6.85. The molecule has 2 aromatic heterocycles. The lowest BCUT2D eigenvalue weighted by atomic mass is 10.1. The highest BCUT2D eigenvalue weighted by molar-refractivity contribution is 7.18. The molecule has 6 rings (SSSR count). The lowest BCUT2D eigenvalue weighted by molar-refractivity contribution is 0.0663. The maximum Gasteiger partial charge on any atom is 0.250 e. The van der Waals surface area contributed by atoms with Crippen molar-refractivity contribution in [3.63, 3.8) is 0 Å². The molecule has 8 nitrogen and oxygen atoms in total. The zero-order valence-electron chi connectivity index (χ0n) is 20.5. The Hall–Kier alpha value is -3.66. The Balaban J connectivity index is 1.12. The Morgan fingerprint density at radius 3 is 2.76 bits per heavy atom. The minimum atomic E-state index is -0.626. The van der Waals surface area contributed by atoms with Gasteiger partial charge in [-0.1, -0.05) is 18.2 Å². The Bertz CT molecular complexity index is 1600. The summed E-state index contributed by atoms with van der Waals surface area (Å²) in [7, 11) is 0. The summed E-state index contributed by atoms with van der Waals surface area (Å²) in [4.78, 5) is 21.2. The molecule has 9 heteroatoms. The van der Waals surface area contributed by atoms with Crippen LogP contribution in [0.15, 0.2) is 59.0 Å². The number of carbonyl (C=O) groups is 1. The van der Waals surface area contributed by atoms with E-state index in [2.05, 4.69) is 14.8 Å². The highest BCUT2D eigenvalue weighted by atomic mass is 32.1. The summed E-state index contributed by atoms with van der Waals surface area (Å²) in [6.45, 7) is 5.53. The molecule has 37 heavy (non-hydrogen) atoms. The second kappa shape index (κ2) is 9.66. The van der Waals surface area contributed by atoms with Crippen LogP contribution in [-0.2, 0) is 0 Å². The molecule has 190 valence electrons. The standard InChI is InChI=1S/C28H28N4O4S/c1-17-30-23-14-19(6-9-25(23)37-17)35-16-18(33)15-31-10-12-32(13-11-31)26-22(28(29)34)8-7-21-20-4-2-3-5-24(20)36-27(21)26/h2-9,14,18,33H,10-13,15-16H2,1H3,(H2,29,34)/t18-/m1/s1. The summed E-state index contributed by atoms with van der Waals surface area (Å²) in [5.41, 5.74) is 9.34. The van der Waals surface area contributed by atoms with Gasteiger partial charge in [-0.3, -0.25) is 9.69 Å². The fourth-order valence-electron chi connectivity index (χ4n) is 5.10. The number of piperazine rings is 1. The van der Waals surface area contributed by atoms with Crippen LogP contribution in [-0.4, -0.2) is 66.3 Å². The van der Waals surface area contributed by atoms with Crippen molar-refractivity contribution in [1.82, 2.24) is 9.88 Å². The molecule has 0 saturated carbocycles. The number of aryl methyl sites for hydroxylation is 1. The number of thiazole rings is 1. The molecule has 3 aromatic carbocycles. The van der Waals surface area contributed by atoms with Crippen LogP contribution >= 0.6 is 11.3 Å². The quantitative estimate of drug-likeness (QED) is 0.335. The molecule has 3 heterocycles. The Kier molecular flexibility index (Phi) is 6.19. The zero-order valence-corrected chi connectivity index (χ0v) is 21.3. The zero-order chi connectivity index (χ0) is 25.5. The number of rotatable bonds is 7. The van der Waals surface area contributed by atoms with Crippen LogP contribution in [0.5, 0.6) is 5.75 Å². The van der Waals surface area contributed by atoms with E-state index in [4.69, 9.17) is 14.9 Å². The van der Waals surface area contributed by atoms with Crippen LogP contribution in [0, 0.1) is 6.92 Å². The highest BCUT2D eigenvalue weighted by Gasteiger charge is 2.26. The molecule has 3 N–H and O–H groups in total. The number of hydrogen-bond acceptors (Lipinski definition) is 8. The van der Waals surface area contributed by atoms with E-state index in [0.717, 1.165) is 50.4 Å². The first-order valence-electron chi connectivity index (χ1n) is 12.4. The van der Waals surface area contributed by atoms with Gasteiger partial charge in [0.25, 0.3) is 5.91 Å². The second-order valence-corrected chi connectivity index (χ2v) is 10.7. The fraction of sp³-hybridized carbons (Fsp3) is 0.286. The molecule has 1 atom stereocenters. The molecule has 1 saturated heterocycles. The van der Waals surface area contributed by atoms with Crippen molar-refractivity contribution >= 4 is 55.1 Å². The van der Waals surface area contributed by atoms with E-state index in [1.54, 1.807) is 17.4 Å². The SMILES string of the molecule is Cc1nc2cc(OC[C@H](O)CN3CCN(c4c(C(N)=O)ccc5c4oc4ccccc45)CC3)ccc2s1. The third-order valence-corrected chi connectivity index (χ3v) is 7.80. The van der Waals surface area contributed by atoms with E-state index in [0.29, 0.717) is 36.5 Å². The molecule has 1 fully saturated rings. The summed E-state index contributed by atoms with van der Waals surface area (Å²) in [5, 5.41) is 13.6. The van der Waals surface area contributed by atoms with Crippen molar-refractivity contribution in [1.29, 1.82) is 0 Å². The van der Waals surface area contributed by atoms with E-state index in [9.17, 15) is 9.90 Å². The topological polar surface area (TPSA) is 105 Å². The molecule has 0 aliphatic carbocycles. The number of hydrogen-bond donors (Lipinski definition) is 2. The van der Waals surface area contributed by atoms with Gasteiger partial charge in [-0.2, -0.15) is 0 Å². The van der Waals surface area contributed by atoms with Crippen molar-refractivity contribution in [3.05, 3.63) is 65.2 Å². The van der Waals surface area contributed by atoms with Crippen LogP contribution in [0.2, 0.25) is 0 Å². The summed E-state index contributed by atoms with van der Waals surface area (Å²) in [6.07, 6.45) is -0.626. The summed E-state index contributed by atoms with van der Waals surface area (Å²) < 4.78 is 13.2. The summed E-state index contributed by atoms with van der Waals surface area (Å²) in [5.74, 6) is 0.234. The second-order valence-electron chi connectivity index (χ2n) is 9.42. The van der Waals surface area contributed by atoms with Gasteiger partial charge in [0.15, 0.2) is 5.58 Å². The molecule has 0 bridgehead atoms. The summed E-state index contributed by atoms with van der Waals surface area (Å²) in [6, 6.07) is 17.4. The van der Waals surface area contributed by atoms with E-state index >= 15 is 0 Å². The van der Waals surface area contributed by atoms with Gasteiger partial charge >= 0.3 is 0 Å². The van der Waals surface area contributed by atoms with Crippen molar-refractivity contribution in [2.75, 3.05) is 44.2 Å². The maximum atomic E-state index is 12.3. The molecule has 1 aliphatic heterocycles. The van der Waals surface area contributed by atoms with Gasteiger partial charge in [0, 0.05) is 49.6 Å². The van der Waals surface area contributed by atoms with Gasteiger partial charge < -0.3 is 24.9 Å². The fourth-order valence-corrected chi connectivity index (χ4v) is 5.90. The van der Waals surface area contributed by atoms with Gasteiger partial charge in [0.1, 0.15) is 24.0 Å². The number of nitrogens with zero attached hydrogens (tertiary/aromatic N) is 3. The monoisotopic (exact) mass is 516 g/mol. The number of β-amino-alcohol motifs (C(OH)–C–C–N with tert-alkyl or cyclic N) is 1. The number of carbonyl (C=O) groups excluding carboxylic acids is 1. The number of amides is 1. The molecule has 0 radical (unpaired) electrons. The number of primary amides is 1. The molecule has 1 aliphatic rings. The molecule has 0 unspecified atom stereocenters. The largest absolute Gasteiger partial charge is 0.491 e. The van der Waals surface area contributed by atoms with Crippen molar-refractivity contribution in [2.24, 2.45) is 5.73 Å². The number of aromatic nitrogens is 1. The number of ether oxygens (including phenoxy) is 1. The van der Waals surface area contributed by atoms with Crippen molar-refractivity contribution in [3.8, 4) is 5.75 Å². The predicted octanol–water partition coefficient (Wildman–Crippen LogP) is 4.16. The first-order valence-corrected chi connectivity index (χ1v) is 13.2. The van der Waals surface area contributed by atoms with E-state index in [1.165, 1.54) is 0 Å². The van der Waals surface area contributed by atoms with E-state index < -0.39 is 12.0 Å². The normalized spacial score (nSPS) is 15.6. The first-order chi connectivity index (χ1) is 18.0. The van der Waals surface area contributed by atoms with Crippen LogP contribution in [0.3, 0.4) is 0 Å².